The molecule has 0 bridgehead atoms. The molecule has 9 heteroatoms. The molecule has 4 rings (SSSR count). The van der Waals surface area contributed by atoms with E-state index in [-0.39, 0.29) is 22.9 Å². The third-order valence-electron chi connectivity index (χ3n) is 4.71. The Hall–Kier alpha value is -2.45. The Morgan fingerprint density at radius 1 is 1.48 bits per heavy atom. The summed E-state index contributed by atoms with van der Waals surface area (Å²) >= 11 is 7.60. The normalized spacial score (nSPS) is 16.3. The summed E-state index contributed by atoms with van der Waals surface area (Å²) in [6.45, 7) is 2.24. The maximum atomic E-state index is 12.6. The summed E-state index contributed by atoms with van der Waals surface area (Å²) in [5.41, 5.74) is 0.867. The minimum absolute atomic E-state index is 0.0156. The first kappa shape index (κ1) is 17.9. The lowest BCUT2D eigenvalue weighted by molar-refractivity contribution is -0.384. The molecule has 2 aromatic heterocycles. The summed E-state index contributed by atoms with van der Waals surface area (Å²) in [4.78, 5) is 32.1. The van der Waals surface area contributed by atoms with Crippen molar-refractivity contribution in [1.29, 1.82) is 0 Å². The molecule has 2 heterocycles. The molecule has 0 spiro atoms. The number of aryl methyl sites for hydroxylation is 1. The Morgan fingerprint density at radius 2 is 2.30 bits per heavy atom. The molecule has 0 fully saturated rings. The van der Waals surface area contributed by atoms with Gasteiger partial charge in [-0.3, -0.25) is 14.9 Å². The minimum Gasteiger partial charge on any atom is -0.484 e. The largest absolute Gasteiger partial charge is 0.484 e. The van der Waals surface area contributed by atoms with Gasteiger partial charge in [-0.05, 0) is 36.8 Å². The number of non-ortho nitro benzene ring substituents is 1. The van der Waals surface area contributed by atoms with Crippen LogP contribution in [-0.2, 0) is 19.4 Å². The quantitative estimate of drug-likeness (QED) is 0.516. The van der Waals surface area contributed by atoms with Crippen LogP contribution in [0, 0.1) is 16.0 Å². The molecular formula is C18H16ClN3O4S. The molecule has 0 aliphatic heterocycles. The van der Waals surface area contributed by atoms with E-state index in [0.29, 0.717) is 22.9 Å². The van der Waals surface area contributed by atoms with Gasteiger partial charge in [0.05, 0.1) is 15.3 Å². The molecule has 0 saturated carbocycles. The Morgan fingerprint density at radius 3 is 3.04 bits per heavy atom. The Labute approximate surface area is 163 Å². The molecule has 1 aliphatic carbocycles. The minimum atomic E-state index is -0.526. The van der Waals surface area contributed by atoms with Gasteiger partial charge in [-0.2, -0.15) is 0 Å². The summed E-state index contributed by atoms with van der Waals surface area (Å²) in [5, 5.41) is 11.6. The van der Waals surface area contributed by atoms with Crippen molar-refractivity contribution in [3.8, 4) is 5.75 Å². The first-order valence-corrected chi connectivity index (χ1v) is 9.72. The highest BCUT2D eigenvalue weighted by atomic mass is 35.5. The van der Waals surface area contributed by atoms with E-state index < -0.39 is 4.92 Å². The van der Waals surface area contributed by atoms with Gasteiger partial charge in [0.2, 0.25) is 0 Å². The van der Waals surface area contributed by atoms with Gasteiger partial charge in [0, 0.05) is 17.0 Å². The maximum absolute atomic E-state index is 12.6. The van der Waals surface area contributed by atoms with Crippen LogP contribution in [0.1, 0.15) is 29.6 Å². The van der Waals surface area contributed by atoms with Crippen LogP contribution in [0.25, 0.3) is 10.2 Å². The topological polar surface area (TPSA) is 98.1 Å². The number of benzene rings is 1. The van der Waals surface area contributed by atoms with E-state index in [4.69, 9.17) is 16.3 Å². The molecule has 1 atom stereocenters. The highest BCUT2D eigenvalue weighted by Crippen LogP contribution is 2.35. The van der Waals surface area contributed by atoms with Crippen molar-refractivity contribution in [2.75, 3.05) is 0 Å². The number of aromatic amines is 1. The number of rotatable bonds is 4. The van der Waals surface area contributed by atoms with E-state index in [9.17, 15) is 14.9 Å². The van der Waals surface area contributed by atoms with E-state index in [1.165, 1.54) is 23.1 Å². The molecule has 1 aromatic carbocycles. The SMILES string of the molecule is CC1CCc2c(sc3nc(COc4ccc([N+](=O)[O-])cc4Cl)[nH]c(=O)c23)C1. The number of fused-ring (bicyclic) bond motifs is 3. The number of nitrogens with one attached hydrogen (secondary N) is 1. The first-order chi connectivity index (χ1) is 12.9. The second-order valence-electron chi connectivity index (χ2n) is 6.71. The zero-order chi connectivity index (χ0) is 19.1. The molecule has 1 unspecified atom stereocenters. The van der Waals surface area contributed by atoms with Gasteiger partial charge in [0.15, 0.2) is 0 Å². The lowest BCUT2D eigenvalue weighted by Gasteiger charge is -2.17. The monoisotopic (exact) mass is 405 g/mol. The summed E-state index contributed by atoms with van der Waals surface area (Å²) in [6, 6.07) is 3.97. The summed E-state index contributed by atoms with van der Waals surface area (Å²) in [7, 11) is 0. The summed E-state index contributed by atoms with van der Waals surface area (Å²) in [6.07, 6.45) is 2.98. The van der Waals surface area contributed by atoms with Crippen molar-refractivity contribution in [1.82, 2.24) is 9.97 Å². The molecule has 0 saturated heterocycles. The number of ether oxygens (including phenoxy) is 1. The fraction of sp³-hybridized carbons (Fsp3) is 0.333. The fourth-order valence-corrected chi connectivity index (χ4v) is 4.96. The lowest BCUT2D eigenvalue weighted by atomic mass is 9.89. The number of nitrogens with zero attached hydrogens (tertiary/aromatic N) is 2. The zero-order valence-electron chi connectivity index (χ0n) is 14.5. The van der Waals surface area contributed by atoms with Crippen molar-refractivity contribution >= 4 is 38.8 Å². The van der Waals surface area contributed by atoms with Crippen molar-refractivity contribution < 1.29 is 9.66 Å². The molecule has 0 amide bonds. The Bertz CT molecular complexity index is 1110. The molecule has 27 heavy (non-hydrogen) atoms. The highest BCUT2D eigenvalue weighted by Gasteiger charge is 2.23. The fourth-order valence-electron chi connectivity index (χ4n) is 3.33. The van der Waals surface area contributed by atoms with Gasteiger partial charge in [0.1, 0.15) is 23.0 Å². The van der Waals surface area contributed by atoms with Crippen LogP contribution in [0.4, 0.5) is 5.69 Å². The number of thiophene rings is 1. The number of halogens is 1. The van der Waals surface area contributed by atoms with E-state index in [1.807, 2.05) is 0 Å². The number of aromatic nitrogens is 2. The van der Waals surface area contributed by atoms with Gasteiger partial charge in [0.25, 0.3) is 11.2 Å². The van der Waals surface area contributed by atoms with Crippen LogP contribution in [0.5, 0.6) is 5.75 Å². The van der Waals surface area contributed by atoms with Crippen LogP contribution >= 0.6 is 22.9 Å². The van der Waals surface area contributed by atoms with Gasteiger partial charge >= 0.3 is 0 Å². The first-order valence-electron chi connectivity index (χ1n) is 8.52. The zero-order valence-corrected chi connectivity index (χ0v) is 16.0. The molecular weight excluding hydrogens is 390 g/mol. The van der Waals surface area contributed by atoms with E-state index in [1.54, 1.807) is 11.3 Å². The second-order valence-corrected chi connectivity index (χ2v) is 8.20. The van der Waals surface area contributed by atoms with Crippen molar-refractivity contribution in [3.05, 3.63) is 60.0 Å². The second kappa shape index (κ2) is 6.94. The Kier molecular flexibility index (Phi) is 4.61. The smallest absolute Gasteiger partial charge is 0.271 e. The van der Waals surface area contributed by atoms with Crippen LogP contribution in [0.15, 0.2) is 23.0 Å². The van der Waals surface area contributed by atoms with Gasteiger partial charge < -0.3 is 9.72 Å². The molecule has 1 N–H and O–H groups in total. The van der Waals surface area contributed by atoms with Crippen LogP contribution in [0.2, 0.25) is 5.02 Å². The predicted molar refractivity (Wildman–Crippen MR) is 104 cm³/mol. The molecule has 140 valence electrons. The average molecular weight is 406 g/mol. The maximum Gasteiger partial charge on any atom is 0.271 e. The van der Waals surface area contributed by atoms with Crippen LogP contribution in [0.3, 0.4) is 0 Å². The van der Waals surface area contributed by atoms with Gasteiger partial charge in [-0.1, -0.05) is 18.5 Å². The van der Waals surface area contributed by atoms with Gasteiger partial charge in [-0.25, -0.2) is 4.98 Å². The number of hydrogen-bond acceptors (Lipinski definition) is 6. The standard InChI is InChI=1S/C18H16ClN3O4S/c1-9-2-4-11-14(6-9)27-18-16(11)17(23)20-15(21-18)8-26-13-5-3-10(22(24)25)7-12(13)19/h3,5,7,9H,2,4,6,8H2,1H3,(H,20,21,23). The summed E-state index contributed by atoms with van der Waals surface area (Å²) in [5.74, 6) is 1.31. The van der Waals surface area contributed by atoms with E-state index in [0.717, 1.165) is 29.7 Å². The predicted octanol–water partition coefficient (Wildman–Crippen LogP) is 4.25. The lowest BCUT2D eigenvalue weighted by Crippen LogP contribution is -2.15. The van der Waals surface area contributed by atoms with E-state index in [2.05, 4.69) is 16.9 Å². The number of hydrogen-bond donors (Lipinski definition) is 1. The van der Waals surface area contributed by atoms with Crippen molar-refractivity contribution in [3.63, 3.8) is 0 Å². The van der Waals surface area contributed by atoms with Crippen LogP contribution < -0.4 is 10.3 Å². The highest BCUT2D eigenvalue weighted by molar-refractivity contribution is 7.18. The molecule has 7 nitrogen and oxygen atoms in total. The molecule has 3 aromatic rings. The Balaban J connectivity index is 1.60. The van der Waals surface area contributed by atoms with Crippen molar-refractivity contribution in [2.45, 2.75) is 32.8 Å². The number of H-pyrrole nitrogens is 1. The van der Waals surface area contributed by atoms with Gasteiger partial charge in [-0.15, -0.1) is 11.3 Å². The molecule has 0 radical (unpaired) electrons. The third-order valence-corrected chi connectivity index (χ3v) is 6.15. The number of nitro benzene ring substituents is 1. The summed E-state index contributed by atoms with van der Waals surface area (Å²) < 4.78 is 5.60. The third kappa shape index (κ3) is 3.42. The number of nitro groups is 1. The average Bonchev–Trinajstić information content (AvgIpc) is 2.98. The van der Waals surface area contributed by atoms with Crippen LogP contribution in [-0.4, -0.2) is 14.9 Å². The molecule has 1 aliphatic rings. The van der Waals surface area contributed by atoms with E-state index >= 15 is 0 Å². The van der Waals surface area contributed by atoms with Crippen molar-refractivity contribution in [2.24, 2.45) is 5.92 Å².